The number of morpholine rings is 1. The number of amides is 1. The summed E-state index contributed by atoms with van der Waals surface area (Å²) in [5.41, 5.74) is 1.24. The van der Waals surface area contributed by atoms with E-state index in [2.05, 4.69) is 31.0 Å². The van der Waals surface area contributed by atoms with E-state index in [-0.39, 0.29) is 23.7 Å². The van der Waals surface area contributed by atoms with E-state index in [4.69, 9.17) is 4.74 Å². The summed E-state index contributed by atoms with van der Waals surface area (Å²) in [6.45, 7) is 10.4. The Balaban J connectivity index is 1.59. The average molecular weight is 391 g/mol. The van der Waals surface area contributed by atoms with Crippen molar-refractivity contribution in [3.05, 3.63) is 35.6 Å². The molecule has 2 aliphatic rings. The molecule has 2 fully saturated rings. The van der Waals surface area contributed by atoms with Crippen LogP contribution in [0.1, 0.15) is 58.1 Å². The monoisotopic (exact) mass is 390 g/mol. The normalized spacial score (nSPS) is 25.3. The molecular formula is C23H35FN2O2. The standard InChI is InChI=1S/C23H35FN2O2/c1-23(2,3)19-9-7-17(8-10-19)22(27)25-16-21(26-11-13-28-14-12-26)18-5-4-6-20(24)15-18/h4-6,15,17,19,21H,7-14,16H2,1-3H3,(H,25,27). The first-order valence-electron chi connectivity index (χ1n) is 10.7. The fourth-order valence-corrected chi connectivity index (χ4v) is 4.62. The van der Waals surface area contributed by atoms with Gasteiger partial charge >= 0.3 is 0 Å². The number of carbonyl (C=O) groups excluding carboxylic acids is 1. The maximum absolute atomic E-state index is 13.8. The van der Waals surface area contributed by atoms with Crippen LogP contribution in [0.15, 0.2) is 24.3 Å². The molecule has 1 unspecified atom stereocenters. The fraction of sp³-hybridized carbons (Fsp3) is 0.696. The number of hydrogen-bond acceptors (Lipinski definition) is 3. The van der Waals surface area contributed by atoms with Crippen LogP contribution in [0.25, 0.3) is 0 Å². The van der Waals surface area contributed by atoms with E-state index in [1.165, 1.54) is 6.07 Å². The number of nitrogens with zero attached hydrogens (tertiary/aromatic N) is 1. The van der Waals surface area contributed by atoms with E-state index >= 15 is 0 Å². The molecule has 1 amide bonds. The predicted octanol–water partition coefficient (Wildman–Crippen LogP) is 4.17. The van der Waals surface area contributed by atoms with Gasteiger partial charge in [0.2, 0.25) is 5.91 Å². The first-order valence-corrected chi connectivity index (χ1v) is 10.7. The molecule has 0 radical (unpaired) electrons. The quantitative estimate of drug-likeness (QED) is 0.821. The van der Waals surface area contributed by atoms with Crippen molar-refractivity contribution < 1.29 is 13.9 Å². The summed E-state index contributed by atoms with van der Waals surface area (Å²) in [6.07, 6.45) is 4.18. The maximum Gasteiger partial charge on any atom is 0.223 e. The van der Waals surface area contributed by atoms with Crippen molar-refractivity contribution in [3.8, 4) is 0 Å². The van der Waals surface area contributed by atoms with Crippen molar-refractivity contribution in [1.82, 2.24) is 10.2 Å². The van der Waals surface area contributed by atoms with Crippen molar-refractivity contribution in [2.24, 2.45) is 17.3 Å². The van der Waals surface area contributed by atoms with Gasteiger partial charge < -0.3 is 10.1 Å². The lowest BCUT2D eigenvalue weighted by molar-refractivity contribution is -0.126. The summed E-state index contributed by atoms with van der Waals surface area (Å²) in [5, 5.41) is 3.18. The number of rotatable bonds is 5. The Labute approximate surface area is 168 Å². The third-order valence-corrected chi connectivity index (χ3v) is 6.51. The van der Waals surface area contributed by atoms with Crippen molar-refractivity contribution >= 4 is 5.91 Å². The van der Waals surface area contributed by atoms with Gasteiger partial charge in [-0.1, -0.05) is 32.9 Å². The SMILES string of the molecule is CC(C)(C)C1CCC(C(=O)NCC(c2cccc(F)c2)N2CCOCC2)CC1. The maximum atomic E-state index is 13.8. The first kappa shape index (κ1) is 21.3. The van der Waals surface area contributed by atoms with Gasteiger partial charge in [0.15, 0.2) is 0 Å². The second kappa shape index (κ2) is 9.36. The lowest BCUT2D eigenvalue weighted by Gasteiger charge is -2.37. The molecule has 3 rings (SSSR count). The molecule has 156 valence electrons. The molecule has 0 bridgehead atoms. The van der Waals surface area contributed by atoms with Gasteiger partial charge in [-0.05, 0) is 54.7 Å². The largest absolute Gasteiger partial charge is 0.379 e. The van der Waals surface area contributed by atoms with E-state index in [9.17, 15) is 9.18 Å². The Bertz CT molecular complexity index is 644. The van der Waals surface area contributed by atoms with E-state index in [1.54, 1.807) is 12.1 Å². The number of ether oxygens (including phenoxy) is 1. The van der Waals surface area contributed by atoms with Crippen LogP contribution in [0, 0.1) is 23.1 Å². The van der Waals surface area contributed by atoms with Gasteiger partial charge in [-0.15, -0.1) is 0 Å². The lowest BCUT2D eigenvalue weighted by Crippen LogP contribution is -2.45. The molecular weight excluding hydrogens is 355 g/mol. The molecule has 1 aromatic rings. The Morgan fingerprint density at radius 1 is 1.21 bits per heavy atom. The van der Waals surface area contributed by atoms with Crippen LogP contribution in [0.3, 0.4) is 0 Å². The number of nitrogens with one attached hydrogen (secondary N) is 1. The molecule has 5 heteroatoms. The number of hydrogen-bond donors (Lipinski definition) is 1. The van der Waals surface area contributed by atoms with Gasteiger partial charge in [0.25, 0.3) is 0 Å². The van der Waals surface area contributed by atoms with Crippen molar-refractivity contribution in [1.29, 1.82) is 0 Å². The molecule has 1 aliphatic carbocycles. The molecule has 1 saturated heterocycles. The highest BCUT2D eigenvalue weighted by atomic mass is 19.1. The molecule has 0 spiro atoms. The second-order valence-corrected chi connectivity index (χ2v) is 9.38. The van der Waals surface area contributed by atoms with Gasteiger partial charge in [0.05, 0.1) is 19.3 Å². The predicted molar refractivity (Wildman–Crippen MR) is 109 cm³/mol. The van der Waals surface area contributed by atoms with Crippen LogP contribution in [-0.4, -0.2) is 43.7 Å². The number of benzene rings is 1. The zero-order chi connectivity index (χ0) is 20.1. The van der Waals surface area contributed by atoms with Crippen LogP contribution < -0.4 is 5.32 Å². The van der Waals surface area contributed by atoms with Gasteiger partial charge in [0, 0.05) is 25.6 Å². The molecule has 0 aromatic heterocycles. The number of carbonyl (C=O) groups is 1. The van der Waals surface area contributed by atoms with Crippen LogP contribution in [0.2, 0.25) is 0 Å². The molecule has 4 nitrogen and oxygen atoms in total. The topological polar surface area (TPSA) is 41.6 Å². The average Bonchev–Trinajstić information content (AvgIpc) is 2.68. The minimum atomic E-state index is -0.234. The molecule has 1 aromatic carbocycles. The van der Waals surface area contributed by atoms with Crippen LogP contribution in [0.4, 0.5) is 4.39 Å². The molecule has 1 aliphatic heterocycles. The molecule has 1 N–H and O–H groups in total. The molecule has 1 heterocycles. The van der Waals surface area contributed by atoms with E-state index in [0.29, 0.717) is 31.1 Å². The first-order chi connectivity index (χ1) is 13.3. The highest BCUT2D eigenvalue weighted by Crippen LogP contribution is 2.39. The fourth-order valence-electron chi connectivity index (χ4n) is 4.62. The molecule has 28 heavy (non-hydrogen) atoms. The molecule has 1 saturated carbocycles. The lowest BCUT2D eigenvalue weighted by atomic mass is 9.69. The Kier molecular flexibility index (Phi) is 7.10. The third kappa shape index (κ3) is 5.54. The zero-order valence-corrected chi connectivity index (χ0v) is 17.5. The molecule has 1 atom stereocenters. The Morgan fingerprint density at radius 2 is 1.89 bits per heavy atom. The third-order valence-electron chi connectivity index (χ3n) is 6.51. The summed E-state index contributed by atoms with van der Waals surface area (Å²) in [5.74, 6) is 0.728. The van der Waals surface area contributed by atoms with Crippen LogP contribution >= 0.6 is 0 Å². The zero-order valence-electron chi connectivity index (χ0n) is 17.5. The highest BCUT2D eigenvalue weighted by Gasteiger charge is 2.33. The highest BCUT2D eigenvalue weighted by molar-refractivity contribution is 5.78. The second-order valence-electron chi connectivity index (χ2n) is 9.38. The van der Waals surface area contributed by atoms with Crippen molar-refractivity contribution in [2.75, 3.05) is 32.8 Å². The van der Waals surface area contributed by atoms with E-state index in [0.717, 1.165) is 44.3 Å². The summed E-state index contributed by atoms with van der Waals surface area (Å²) < 4.78 is 19.3. The van der Waals surface area contributed by atoms with Crippen molar-refractivity contribution in [2.45, 2.75) is 52.5 Å². The smallest absolute Gasteiger partial charge is 0.223 e. The summed E-state index contributed by atoms with van der Waals surface area (Å²) >= 11 is 0. The Hall–Kier alpha value is -1.46. The van der Waals surface area contributed by atoms with Crippen molar-refractivity contribution in [3.63, 3.8) is 0 Å². The summed E-state index contributed by atoms with van der Waals surface area (Å²) in [6, 6.07) is 6.72. The summed E-state index contributed by atoms with van der Waals surface area (Å²) in [4.78, 5) is 15.1. The van der Waals surface area contributed by atoms with Crippen LogP contribution in [0.5, 0.6) is 0 Å². The van der Waals surface area contributed by atoms with E-state index < -0.39 is 0 Å². The van der Waals surface area contributed by atoms with E-state index in [1.807, 2.05) is 6.07 Å². The van der Waals surface area contributed by atoms with Crippen LogP contribution in [-0.2, 0) is 9.53 Å². The number of halogens is 1. The minimum absolute atomic E-state index is 0.0190. The Morgan fingerprint density at radius 3 is 2.50 bits per heavy atom. The van der Waals surface area contributed by atoms with Gasteiger partial charge in [-0.25, -0.2) is 4.39 Å². The summed E-state index contributed by atoms with van der Waals surface area (Å²) in [7, 11) is 0. The van der Waals surface area contributed by atoms with Gasteiger partial charge in [-0.2, -0.15) is 0 Å². The van der Waals surface area contributed by atoms with Gasteiger partial charge in [-0.3, -0.25) is 9.69 Å². The minimum Gasteiger partial charge on any atom is -0.379 e. The van der Waals surface area contributed by atoms with Gasteiger partial charge in [0.1, 0.15) is 5.82 Å².